The Hall–Kier alpha value is -2.00. The van der Waals surface area contributed by atoms with Gasteiger partial charge in [0.2, 0.25) is 11.8 Å². The van der Waals surface area contributed by atoms with E-state index in [2.05, 4.69) is 4.90 Å². The summed E-state index contributed by atoms with van der Waals surface area (Å²) in [6.45, 7) is 10.4. The molecule has 6 nitrogen and oxygen atoms in total. The first-order valence-corrected chi connectivity index (χ1v) is 13.3. The number of rotatable bonds is 11. The minimum Gasteiger partial charge on any atom is -0.379 e. The Labute approximate surface area is 216 Å². The van der Waals surface area contributed by atoms with Gasteiger partial charge >= 0.3 is 0 Å². The standard InChI is InChI=1S/C26H35ClFN3O3S/c1-20-8-15-35-23(20)17-31(16-21-4-6-22(28)7-5-21)24(32)18-30(25(33)26(2,3)19-27)10-9-29-11-13-34-14-12-29/h4-8,15H,9-14,16-19H2,1-3H3. The average Bonchev–Trinajstić information content (AvgIpc) is 3.26. The fourth-order valence-electron chi connectivity index (χ4n) is 3.87. The van der Waals surface area contributed by atoms with Crippen molar-refractivity contribution < 1.29 is 18.7 Å². The predicted molar refractivity (Wildman–Crippen MR) is 138 cm³/mol. The molecule has 0 atom stereocenters. The zero-order valence-electron chi connectivity index (χ0n) is 20.8. The molecule has 35 heavy (non-hydrogen) atoms. The van der Waals surface area contributed by atoms with Crippen LogP contribution in [0.3, 0.4) is 0 Å². The molecule has 0 aliphatic carbocycles. The fraction of sp³-hybridized carbons (Fsp3) is 0.538. The summed E-state index contributed by atoms with van der Waals surface area (Å²) < 4.78 is 18.9. The number of aryl methyl sites for hydroxylation is 1. The van der Waals surface area contributed by atoms with Crippen molar-refractivity contribution in [3.8, 4) is 0 Å². The van der Waals surface area contributed by atoms with Crippen LogP contribution < -0.4 is 0 Å². The van der Waals surface area contributed by atoms with Crippen LogP contribution in [0.2, 0.25) is 0 Å². The Balaban J connectivity index is 1.78. The second kappa shape index (κ2) is 12.8. The number of thiophene rings is 1. The topological polar surface area (TPSA) is 53.1 Å². The van der Waals surface area contributed by atoms with E-state index in [0.29, 0.717) is 39.4 Å². The lowest BCUT2D eigenvalue weighted by Crippen LogP contribution is -2.50. The number of hydrogen-bond donors (Lipinski definition) is 0. The lowest BCUT2D eigenvalue weighted by atomic mass is 9.94. The Bertz CT molecular complexity index is 976. The first kappa shape index (κ1) is 27.6. The normalized spacial score (nSPS) is 14.7. The van der Waals surface area contributed by atoms with Crippen LogP contribution in [0.4, 0.5) is 4.39 Å². The maximum Gasteiger partial charge on any atom is 0.242 e. The van der Waals surface area contributed by atoms with E-state index in [1.165, 1.54) is 12.1 Å². The van der Waals surface area contributed by atoms with E-state index in [0.717, 1.165) is 29.1 Å². The molecule has 0 unspecified atom stereocenters. The summed E-state index contributed by atoms with van der Waals surface area (Å²) in [4.78, 5) is 33.7. The van der Waals surface area contributed by atoms with Gasteiger partial charge in [-0.3, -0.25) is 14.5 Å². The molecular weight excluding hydrogens is 489 g/mol. The van der Waals surface area contributed by atoms with Gasteiger partial charge in [0, 0.05) is 43.5 Å². The Morgan fingerprint density at radius 1 is 1.11 bits per heavy atom. The van der Waals surface area contributed by atoms with Gasteiger partial charge < -0.3 is 14.5 Å². The average molecular weight is 524 g/mol. The quantitative estimate of drug-likeness (QED) is 0.415. The molecule has 0 N–H and O–H groups in total. The molecule has 1 saturated heterocycles. The molecule has 2 aromatic rings. The zero-order chi connectivity index (χ0) is 25.4. The molecule has 1 aromatic heterocycles. The van der Waals surface area contributed by atoms with E-state index in [1.54, 1.807) is 47.1 Å². The van der Waals surface area contributed by atoms with Crippen LogP contribution in [0.25, 0.3) is 0 Å². The third-order valence-corrected chi connectivity index (χ3v) is 7.93. The maximum absolute atomic E-state index is 13.6. The summed E-state index contributed by atoms with van der Waals surface area (Å²) in [6.07, 6.45) is 0. The number of alkyl halides is 1. The van der Waals surface area contributed by atoms with Gasteiger partial charge in [-0.25, -0.2) is 4.39 Å². The van der Waals surface area contributed by atoms with Crippen LogP contribution in [0, 0.1) is 18.2 Å². The van der Waals surface area contributed by atoms with Gasteiger partial charge in [0.05, 0.1) is 31.7 Å². The van der Waals surface area contributed by atoms with Crippen LogP contribution in [0.15, 0.2) is 35.7 Å². The van der Waals surface area contributed by atoms with Gasteiger partial charge in [-0.05, 0) is 55.5 Å². The van der Waals surface area contributed by atoms with Crippen molar-refractivity contribution in [3.63, 3.8) is 0 Å². The summed E-state index contributed by atoms with van der Waals surface area (Å²) in [5.41, 5.74) is 1.18. The van der Waals surface area contributed by atoms with Crippen LogP contribution in [-0.4, -0.2) is 78.3 Å². The molecule has 0 bridgehead atoms. The molecule has 9 heteroatoms. The molecule has 0 radical (unpaired) electrons. The fourth-order valence-corrected chi connectivity index (χ4v) is 4.90. The SMILES string of the molecule is Cc1ccsc1CN(Cc1ccc(F)cc1)C(=O)CN(CCN1CCOCC1)C(=O)C(C)(C)CCl. The molecule has 1 fully saturated rings. The van der Waals surface area contributed by atoms with E-state index in [9.17, 15) is 14.0 Å². The highest BCUT2D eigenvalue weighted by atomic mass is 35.5. The van der Waals surface area contributed by atoms with Crippen LogP contribution >= 0.6 is 22.9 Å². The number of carbonyl (C=O) groups excluding carboxylic acids is 2. The van der Waals surface area contributed by atoms with Crippen molar-refractivity contribution in [1.82, 2.24) is 14.7 Å². The van der Waals surface area contributed by atoms with Crippen molar-refractivity contribution >= 4 is 34.8 Å². The van der Waals surface area contributed by atoms with Gasteiger partial charge in [-0.2, -0.15) is 0 Å². The Kier molecular flexibility index (Phi) is 10.1. The van der Waals surface area contributed by atoms with Crippen LogP contribution in [0.1, 0.15) is 29.9 Å². The van der Waals surface area contributed by atoms with Gasteiger partial charge in [0.25, 0.3) is 0 Å². The minimum absolute atomic E-state index is 0.0326. The van der Waals surface area contributed by atoms with Gasteiger partial charge in [-0.15, -0.1) is 22.9 Å². The highest BCUT2D eigenvalue weighted by Gasteiger charge is 2.33. The minimum atomic E-state index is -0.779. The summed E-state index contributed by atoms with van der Waals surface area (Å²) in [6, 6.07) is 8.20. The lowest BCUT2D eigenvalue weighted by Gasteiger charge is -2.34. The summed E-state index contributed by atoms with van der Waals surface area (Å²) >= 11 is 7.71. The van der Waals surface area contributed by atoms with Crippen LogP contribution in [0.5, 0.6) is 0 Å². The third-order valence-electron chi connectivity index (χ3n) is 6.26. The number of hydrogen-bond acceptors (Lipinski definition) is 5. The lowest BCUT2D eigenvalue weighted by molar-refractivity contribution is -0.146. The number of carbonyl (C=O) groups is 2. The van der Waals surface area contributed by atoms with E-state index in [1.807, 2.05) is 18.4 Å². The first-order valence-electron chi connectivity index (χ1n) is 11.9. The summed E-state index contributed by atoms with van der Waals surface area (Å²) in [7, 11) is 0. The van der Waals surface area contributed by atoms with E-state index in [4.69, 9.17) is 16.3 Å². The molecule has 192 valence electrons. The molecule has 1 aromatic carbocycles. The van der Waals surface area contributed by atoms with Crippen LogP contribution in [-0.2, 0) is 27.4 Å². The summed E-state index contributed by atoms with van der Waals surface area (Å²) in [5, 5.41) is 2.01. The molecule has 1 aliphatic rings. The number of nitrogens with zero attached hydrogens (tertiary/aromatic N) is 3. The monoisotopic (exact) mass is 523 g/mol. The third kappa shape index (κ3) is 8.00. The summed E-state index contributed by atoms with van der Waals surface area (Å²) in [5.74, 6) is -0.434. The Morgan fingerprint density at radius 2 is 1.80 bits per heavy atom. The molecule has 2 amide bonds. The first-order chi connectivity index (χ1) is 16.7. The van der Waals surface area contributed by atoms with Gasteiger partial charge in [0.15, 0.2) is 0 Å². The van der Waals surface area contributed by atoms with E-state index < -0.39 is 5.41 Å². The second-order valence-electron chi connectivity index (χ2n) is 9.60. The molecule has 0 saturated carbocycles. The van der Waals surface area contributed by atoms with Crippen molar-refractivity contribution in [2.45, 2.75) is 33.9 Å². The largest absolute Gasteiger partial charge is 0.379 e. The van der Waals surface area contributed by atoms with E-state index >= 15 is 0 Å². The predicted octanol–water partition coefficient (Wildman–Crippen LogP) is 4.15. The number of benzene rings is 1. The van der Waals surface area contributed by atoms with Crippen molar-refractivity contribution in [2.75, 3.05) is 51.8 Å². The smallest absolute Gasteiger partial charge is 0.242 e. The number of halogens is 2. The number of ether oxygens (including phenoxy) is 1. The maximum atomic E-state index is 13.6. The van der Waals surface area contributed by atoms with Gasteiger partial charge in [-0.1, -0.05) is 12.1 Å². The highest BCUT2D eigenvalue weighted by Crippen LogP contribution is 2.23. The van der Waals surface area contributed by atoms with E-state index in [-0.39, 0.29) is 30.1 Å². The van der Waals surface area contributed by atoms with Crippen molar-refractivity contribution in [1.29, 1.82) is 0 Å². The molecule has 1 aliphatic heterocycles. The molecule has 3 rings (SSSR count). The van der Waals surface area contributed by atoms with Crippen molar-refractivity contribution in [3.05, 3.63) is 57.5 Å². The number of morpholine rings is 1. The zero-order valence-corrected chi connectivity index (χ0v) is 22.3. The van der Waals surface area contributed by atoms with Gasteiger partial charge in [0.1, 0.15) is 5.82 Å². The Morgan fingerprint density at radius 3 is 2.40 bits per heavy atom. The molecule has 2 heterocycles. The molecular formula is C26H35ClFN3O3S. The van der Waals surface area contributed by atoms with Crippen molar-refractivity contribution in [2.24, 2.45) is 5.41 Å². The highest BCUT2D eigenvalue weighted by molar-refractivity contribution is 7.10. The second-order valence-corrected chi connectivity index (χ2v) is 10.9. The number of amides is 2. The molecule has 0 spiro atoms.